The summed E-state index contributed by atoms with van der Waals surface area (Å²) < 4.78 is 42.8. The van der Waals surface area contributed by atoms with Gasteiger partial charge in [-0.15, -0.1) is 0 Å². The molecule has 0 atom stereocenters. The van der Waals surface area contributed by atoms with Gasteiger partial charge < -0.3 is 0 Å². The molecule has 136 valence electrons. The standard InChI is InChI=1S/C20H15F3N4/c1-12-3-5-15(6-4-12)27-19-18(13(2)26-27)16(20(21,22)23)11-17(25-19)14-7-9-24-10-8-14/h3-11H,1-2H3. The molecule has 0 bridgehead atoms. The number of halogens is 3. The lowest BCUT2D eigenvalue weighted by Gasteiger charge is -2.12. The van der Waals surface area contributed by atoms with Gasteiger partial charge in [-0.1, -0.05) is 17.7 Å². The Morgan fingerprint density at radius 2 is 1.59 bits per heavy atom. The van der Waals surface area contributed by atoms with E-state index in [-0.39, 0.29) is 22.4 Å². The first-order valence-corrected chi connectivity index (χ1v) is 8.29. The SMILES string of the molecule is Cc1ccc(-n2nc(C)c3c(C(F)(F)F)cc(-c4ccncc4)nc32)cc1. The Balaban J connectivity index is 2.06. The minimum absolute atomic E-state index is 0.0147. The predicted octanol–water partition coefficient (Wildman–Crippen LogP) is 5.12. The van der Waals surface area contributed by atoms with Crippen LogP contribution in [0.1, 0.15) is 16.8 Å². The van der Waals surface area contributed by atoms with E-state index in [2.05, 4.69) is 15.1 Å². The van der Waals surface area contributed by atoms with Crippen LogP contribution in [0, 0.1) is 13.8 Å². The molecule has 0 radical (unpaired) electrons. The van der Waals surface area contributed by atoms with Crippen molar-refractivity contribution >= 4 is 11.0 Å². The van der Waals surface area contributed by atoms with Gasteiger partial charge >= 0.3 is 6.18 Å². The van der Waals surface area contributed by atoms with Crippen LogP contribution in [-0.2, 0) is 6.18 Å². The van der Waals surface area contributed by atoms with Crippen LogP contribution in [-0.4, -0.2) is 19.7 Å². The molecule has 0 amide bonds. The molecule has 0 aliphatic rings. The van der Waals surface area contributed by atoms with Gasteiger partial charge in [-0.2, -0.15) is 18.3 Å². The smallest absolute Gasteiger partial charge is 0.265 e. The quantitative estimate of drug-likeness (QED) is 0.493. The Bertz CT molecular complexity index is 1110. The number of alkyl halides is 3. The number of benzene rings is 1. The fourth-order valence-corrected chi connectivity index (χ4v) is 3.05. The molecule has 0 unspecified atom stereocenters. The average Bonchev–Trinajstić information content (AvgIpc) is 2.98. The van der Waals surface area contributed by atoms with Gasteiger partial charge in [-0.25, -0.2) is 9.67 Å². The van der Waals surface area contributed by atoms with E-state index in [0.29, 0.717) is 11.3 Å². The number of rotatable bonds is 2. The van der Waals surface area contributed by atoms with E-state index in [0.717, 1.165) is 11.6 Å². The minimum atomic E-state index is -4.52. The number of nitrogens with zero attached hydrogens (tertiary/aromatic N) is 4. The molecule has 0 saturated carbocycles. The van der Waals surface area contributed by atoms with Gasteiger partial charge in [0, 0.05) is 18.0 Å². The first kappa shape index (κ1) is 17.2. The second-order valence-corrected chi connectivity index (χ2v) is 6.32. The Hall–Kier alpha value is -3.22. The lowest BCUT2D eigenvalue weighted by atomic mass is 10.1. The highest BCUT2D eigenvalue weighted by Gasteiger charge is 2.35. The molecule has 0 fully saturated rings. The number of hydrogen-bond donors (Lipinski definition) is 0. The van der Waals surface area contributed by atoms with Crippen molar-refractivity contribution in [3.8, 4) is 16.9 Å². The lowest BCUT2D eigenvalue weighted by Crippen LogP contribution is -2.08. The third-order valence-corrected chi connectivity index (χ3v) is 4.37. The zero-order chi connectivity index (χ0) is 19.2. The second kappa shape index (κ2) is 6.19. The van der Waals surface area contributed by atoms with Crippen molar-refractivity contribution in [1.29, 1.82) is 0 Å². The van der Waals surface area contributed by atoms with Gasteiger partial charge in [-0.05, 0) is 44.2 Å². The predicted molar refractivity (Wildman–Crippen MR) is 96.6 cm³/mol. The molecule has 0 aliphatic carbocycles. The summed E-state index contributed by atoms with van der Waals surface area (Å²) in [5, 5.41) is 4.36. The van der Waals surface area contributed by atoms with E-state index in [4.69, 9.17) is 0 Å². The van der Waals surface area contributed by atoms with Gasteiger partial charge in [0.2, 0.25) is 0 Å². The van der Waals surface area contributed by atoms with Crippen molar-refractivity contribution in [2.24, 2.45) is 0 Å². The van der Waals surface area contributed by atoms with Gasteiger partial charge in [0.25, 0.3) is 0 Å². The van der Waals surface area contributed by atoms with E-state index >= 15 is 0 Å². The summed E-state index contributed by atoms with van der Waals surface area (Å²) in [5.74, 6) is 0. The molecule has 3 heterocycles. The van der Waals surface area contributed by atoms with Crippen LogP contribution in [0.2, 0.25) is 0 Å². The molecule has 4 rings (SSSR count). The zero-order valence-corrected chi connectivity index (χ0v) is 14.6. The maximum atomic E-state index is 13.8. The number of fused-ring (bicyclic) bond motifs is 1. The summed E-state index contributed by atoms with van der Waals surface area (Å²) in [5.41, 5.74) is 2.22. The molecule has 0 spiro atoms. The van der Waals surface area contributed by atoms with Crippen molar-refractivity contribution in [2.75, 3.05) is 0 Å². The van der Waals surface area contributed by atoms with Gasteiger partial charge in [-0.3, -0.25) is 4.98 Å². The molecule has 4 nitrogen and oxygen atoms in total. The maximum Gasteiger partial charge on any atom is 0.417 e. The lowest BCUT2D eigenvalue weighted by molar-refractivity contribution is -0.136. The van der Waals surface area contributed by atoms with Crippen molar-refractivity contribution in [1.82, 2.24) is 19.7 Å². The summed E-state index contributed by atoms with van der Waals surface area (Å²) in [7, 11) is 0. The fraction of sp³-hybridized carbons (Fsp3) is 0.150. The highest BCUT2D eigenvalue weighted by Crippen LogP contribution is 2.38. The van der Waals surface area contributed by atoms with Crippen LogP contribution < -0.4 is 0 Å². The van der Waals surface area contributed by atoms with Crippen LogP contribution >= 0.6 is 0 Å². The minimum Gasteiger partial charge on any atom is -0.265 e. The molecule has 0 saturated heterocycles. The van der Waals surface area contributed by atoms with Crippen molar-refractivity contribution in [3.05, 3.63) is 71.7 Å². The van der Waals surface area contributed by atoms with Crippen molar-refractivity contribution in [3.63, 3.8) is 0 Å². The van der Waals surface area contributed by atoms with Crippen LogP contribution in [0.25, 0.3) is 28.0 Å². The Labute approximate surface area is 153 Å². The Morgan fingerprint density at radius 3 is 2.22 bits per heavy atom. The largest absolute Gasteiger partial charge is 0.417 e. The first-order valence-electron chi connectivity index (χ1n) is 8.29. The van der Waals surface area contributed by atoms with Gasteiger partial charge in [0.1, 0.15) is 0 Å². The maximum absolute atomic E-state index is 13.8. The third-order valence-electron chi connectivity index (χ3n) is 4.37. The van der Waals surface area contributed by atoms with Crippen LogP contribution in [0.3, 0.4) is 0 Å². The summed E-state index contributed by atoms with van der Waals surface area (Å²) in [6.07, 6.45) is -1.47. The van der Waals surface area contributed by atoms with Gasteiger partial charge in [0.05, 0.1) is 28.0 Å². The zero-order valence-electron chi connectivity index (χ0n) is 14.6. The van der Waals surface area contributed by atoms with Crippen molar-refractivity contribution < 1.29 is 13.2 Å². The molecule has 1 aromatic carbocycles. The van der Waals surface area contributed by atoms with E-state index in [1.807, 2.05) is 31.2 Å². The summed E-state index contributed by atoms with van der Waals surface area (Å²) >= 11 is 0. The number of aryl methyl sites for hydroxylation is 2. The molecule has 27 heavy (non-hydrogen) atoms. The van der Waals surface area contributed by atoms with Crippen LogP contribution in [0.4, 0.5) is 13.2 Å². The summed E-state index contributed by atoms with van der Waals surface area (Å²) in [6, 6.07) is 11.7. The Kier molecular flexibility index (Phi) is 3.95. The van der Waals surface area contributed by atoms with Gasteiger partial charge in [0.15, 0.2) is 5.65 Å². The molecular formula is C20H15F3N4. The van der Waals surface area contributed by atoms with E-state index < -0.39 is 11.7 Å². The second-order valence-electron chi connectivity index (χ2n) is 6.32. The van der Waals surface area contributed by atoms with E-state index in [1.165, 1.54) is 17.1 Å². The number of aromatic nitrogens is 4. The highest BCUT2D eigenvalue weighted by molar-refractivity contribution is 5.86. The summed E-state index contributed by atoms with van der Waals surface area (Å²) in [4.78, 5) is 8.43. The Morgan fingerprint density at radius 1 is 0.926 bits per heavy atom. The molecular weight excluding hydrogens is 353 g/mol. The number of hydrogen-bond acceptors (Lipinski definition) is 3. The molecule has 7 heteroatoms. The third kappa shape index (κ3) is 3.05. The molecule has 0 N–H and O–H groups in total. The van der Waals surface area contributed by atoms with E-state index in [9.17, 15) is 13.2 Å². The normalized spacial score (nSPS) is 11.9. The highest BCUT2D eigenvalue weighted by atomic mass is 19.4. The van der Waals surface area contributed by atoms with Crippen molar-refractivity contribution in [2.45, 2.75) is 20.0 Å². The molecule has 0 aliphatic heterocycles. The number of pyridine rings is 2. The fourth-order valence-electron chi connectivity index (χ4n) is 3.05. The summed E-state index contributed by atoms with van der Waals surface area (Å²) in [6.45, 7) is 3.51. The van der Waals surface area contributed by atoms with E-state index in [1.54, 1.807) is 19.1 Å². The molecule has 3 aromatic heterocycles. The van der Waals surface area contributed by atoms with Crippen LogP contribution in [0.5, 0.6) is 0 Å². The molecule has 4 aromatic rings. The monoisotopic (exact) mass is 368 g/mol. The average molecular weight is 368 g/mol. The van der Waals surface area contributed by atoms with Crippen LogP contribution in [0.15, 0.2) is 54.9 Å². The first-order chi connectivity index (χ1) is 12.8. The topological polar surface area (TPSA) is 43.6 Å².